The second kappa shape index (κ2) is 11.2. The first-order valence-corrected chi connectivity index (χ1v) is 14.6. The minimum Gasteiger partial charge on any atom is -0.477 e. The van der Waals surface area contributed by atoms with Gasteiger partial charge in [-0.2, -0.15) is 14.7 Å². The molecule has 5 rings (SSSR count). The van der Waals surface area contributed by atoms with E-state index in [1.54, 1.807) is 35.9 Å². The molecule has 208 valence electrons. The lowest BCUT2D eigenvalue weighted by molar-refractivity contribution is 0.196. The van der Waals surface area contributed by atoms with Crippen molar-refractivity contribution < 1.29 is 13.2 Å². The van der Waals surface area contributed by atoms with Crippen molar-refractivity contribution in [3.63, 3.8) is 0 Å². The Bertz CT molecular complexity index is 1750. The normalized spacial score (nSPS) is 14.8. The molecule has 0 spiro atoms. The first-order chi connectivity index (χ1) is 19.3. The van der Waals surface area contributed by atoms with Gasteiger partial charge >= 0.3 is 0 Å². The maximum atomic E-state index is 13.5. The highest BCUT2D eigenvalue weighted by Gasteiger charge is 2.30. The highest BCUT2D eigenvalue weighted by atomic mass is 32.2. The molecular weight excluding hydrogens is 532 g/mol. The maximum Gasteiger partial charge on any atom is 0.279 e. The van der Waals surface area contributed by atoms with Crippen molar-refractivity contribution >= 4 is 21.1 Å². The Balaban J connectivity index is 1.62. The average molecular weight is 563 g/mol. The highest BCUT2D eigenvalue weighted by Crippen LogP contribution is 2.30. The summed E-state index contributed by atoms with van der Waals surface area (Å²) in [5.74, 6) is 0.299. The fraction of sp³-hybridized carbons (Fsp3) is 0.370. The van der Waals surface area contributed by atoms with Crippen LogP contribution in [0.4, 0.5) is 0 Å². The Morgan fingerprint density at radius 1 is 1.07 bits per heavy atom. The summed E-state index contributed by atoms with van der Waals surface area (Å²) >= 11 is 0. The number of likely N-dealkylation sites (N-methyl/N-ethyl adjacent to an activating group) is 1. The number of H-pyrrole nitrogens is 1. The van der Waals surface area contributed by atoms with Crippen LogP contribution in [0, 0.1) is 11.3 Å². The van der Waals surface area contributed by atoms with Crippen LogP contribution in [-0.2, 0) is 16.4 Å². The van der Waals surface area contributed by atoms with Crippen LogP contribution in [0.5, 0.6) is 5.88 Å². The number of rotatable bonds is 8. The van der Waals surface area contributed by atoms with E-state index in [0.717, 1.165) is 6.54 Å². The predicted molar refractivity (Wildman–Crippen MR) is 149 cm³/mol. The summed E-state index contributed by atoms with van der Waals surface area (Å²) in [5.41, 5.74) is 2.20. The van der Waals surface area contributed by atoms with Gasteiger partial charge in [-0.1, -0.05) is 13.8 Å². The molecule has 13 heteroatoms. The number of aryl methyl sites for hydroxylation is 1. The first kappa shape index (κ1) is 27.4. The Morgan fingerprint density at radius 3 is 2.42 bits per heavy atom. The Hall–Kier alpha value is -4.12. The van der Waals surface area contributed by atoms with Gasteiger partial charge in [0.2, 0.25) is 15.9 Å². The van der Waals surface area contributed by atoms with Gasteiger partial charge in [0, 0.05) is 26.2 Å². The highest BCUT2D eigenvalue weighted by molar-refractivity contribution is 7.89. The minimum atomic E-state index is -3.83. The number of nitrogens with one attached hydrogen (secondary N) is 1. The Labute approximate surface area is 231 Å². The van der Waals surface area contributed by atoms with Crippen molar-refractivity contribution in [3.05, 3.63) is 58.1 Å². The fourth-order valence-electron chi connectivity index (χ4n) is 4.79. The quantitative estimate of drug-likeness (QED) is 0.341. The molecule has 4 aromatic rings. The largest absolute Gasteiger partial charge is 0.477 e. The van der Waals surface area contributed by atoms with Crippen molar-refractivity contribution in [3.8, 4) is 29.0 Å². The lowest BCUT2D eigenvalue weighted by atomic mass is 10.2. The molecule has 0 aliphatic carbocycles. The second-order valence-corrected chi connectivity index (χ2v) is 11.2. The standard InChI is InChI=1S/C27H30N8O4S/c1-4-22-23-24(32-35(22)19-9-7-18(16-28)8-10-19)26(36)31-25(30-23)21-15-20(17-29-27(21)39-6-3)40(37,38)34-13-11-33(5-2)12-14-34/h7-10,15,17H,4-6,11-14H2,1-3H3,(H,30,31,36). The summed E-state index contributed by atoms with van der Waals surface area (Å²) in [6, 6.07) is 10.4. The molecule has 0 bridgehead atoms. The predicted octanol–water partition coefficient (Wildman–Crippen LogP) is 2.33. The van der Waals surface area contributed by atoms with Crippen molar-refractivity contribution in [2.45, 2.75) is 32.1 Å². The molecule has 1 N–H and O–H groups in total. The van der Waals surface area contributed by atoms with Crippen LogP contribution in [0.2, 0.25) is 0 Å². The van der Waals surface area contributed by atoms with Crippen LogP contribution in [0.1, 0.15) is 32.0 Å². The van der Waals surface area contributed by atoms with Gasteiger partial charge in [0.1, 0.15) is 16.2 Å². The van der Waals surface area contributed by atoms with Gasteiger partial charge in [-0.05, 0) is 50.2 Å². The van der Waals surface area contributed by atoms with Gasteiger partial charge in [-0.15, -0.1) is 0 Å². The van der Waals surface area contributed by atoms with Crippen LogP contribution in [0.25, 0.3) is 28.1 Å². The van der Waals surface area contributed by atoms with E-state index >= 15 is 0 Å². The number of nitriles is 1. The minimum absolute atomic E-state index is 0.00244. The molecule has 1 fully saturated rings. The summed E-state index contributed by atoms with van der Waals surface area (Å²) in [6.07, 6.45) is 1.80. The zero-order valence-corrected chi connectivity index (χ0v) is 23.4. The Kier molecular flexibility index (Phi) is 7.66. The zero-order chi connectivity index (χ0) is 28.4. The van der Waals surface area contributed by atoms with Gasteiger partial charge in [0.15, 0.2) is 5.52 Å². The lowest BCUT2D eigenvalue weighted by Crippen LogP contribution is -2.48. The van der Waals surface area contributed by atoms with Crippen molar-refractivity contribution in [2.24, 2.45) is 0 Å². The van der Waals surface area contributed by atoms with Crippen molar-refractivity contribution in [2.75, 3.05) is 39.3 Å². The number of nitrogens with zero attached hydrogens (tertiary/aromatic N) is 7. The van der Waals surface area contributed by atoms with E-state index in [1.165, 1.54) is 16.6 Å². The molecular formula is C27H30N8O4S. The Morgan fingerprint density at radius 2 is 1.80 bits per heavy atom. The third-order valence-corrected chi connectivity index (χ3v) is 8.84. The van der Waals surface area contributed by atoms with Crippen molar-refractivity contribution in [1.82, 2.24) is 33.9 Å². The molecule has 1 aromatic carbocycles. The van der Waals surface area contributed by atoms with Crippen molar-refractivity contribution in [1.29, 1.82) is 5.26 Å². The molecule has 1 aliphatic heterocycles. The number of benzene rings is 1. The third kappa shape index (κ3) is 4.97. The van der Waals surface area contributed by atoms with E-state index < -0.39 is 15.6 Å². The van der Waals surface area contributed by atoms with Gasteiger partial charge in [0.25, 0.3) is 5.56 Å². The van der Waals surface area contributed by atoms with Gasteiger partial charge in [0.05, 0.1) is 41.4 Å². The molecule has 1 saturated heterocycles. The monoisotopic (exact) mass is 562 g/mol. The molecule has 0 unspecified atom stereocenters. The van der Waals surface area contributed by atoms with E-state index in [1.807, 2.05) is 6.92 Å². The summed E-state index contributed by atoms with van der Waals surface area (Å²) < 4.78 is 35.8. The van der Waals surface area contributed by atoms with Crippen LogP contribution in [0.3, 0.4) is 0 Å². The number of sulfonamides is 1. The van der Waals surface area contributed by atoms with E-state index in [4.69, 9.17) is 15.0 Å². The molecule has 40 heavy (non-hydrogen) atoms. The molecule has 12 nitrogen and oxygen atoms in total. The average Bonchev–Trinajstić information content (AvgIpc) is 3.36. The second-order valence-electron chi connectivity index (χ2n) is 9.28. The number of aromatic nitrogens is 5. The van der Waals surface area contributed by atoms with E-state index in [9.17, 15) is 13.2 Å². The third-order valence-electron chi connectivity index (χ3n) is 6.98. The zero-order valence-electron chi connectivity index (χ0n) is 22.6. The lowest BCUT2D eigenvalue weighted by Gasteiger charge is -2.33. The SMILES string of the molecule is CCOc1ncc(S(=O)(=O)N2CCN(CC)CC2)cc1-c1nc2c(CC)n(-c3ccc(C#N)cc3)nc2c(=O)[nH]1. The summed E-state index contributed by atoms with van der Waals surface area (Å²) in [7, 11) is -3.83. The first-order valence-electron chi connectivity index (χ1n) is 13.2. The summed E-state index contributed by atoms with van der Waals surface area (Å²) in [4.78, 5) is 27.2. The summed E-state index contributed by atoms with van der Waals surface area (Å²) in [6.45, 7) is 9.00. The fourth-order valence-corrected chi connectivity index (χ4v) is 6.18. The molecule has 0 radical (unpaired) electrons. The van der Waals surface area contributed by atoms with Crippen LogP contribution in [0.15, 0.2) is 46.2 Å². The maximum absolute atomic E-state index is 13.5. The topological polar surface area (TPSA) is 150 Å². The van der Waals surface area contributed by atoms with E-state index in [2.05, 4.69) is 33.0 Å². The molecule has 1 aliphatic rings. The number of hydrogen-bond acceptors (Lipinski definition) is 9. The van der Waals surface area contributed by atoms with Gasteiger partial charge < -0.3 is 14.6 Å². The molecule has 3 aromatic heterocycles. The van der Waals surface area contributed by atoms with E-state index in [0.29, 0.717) is 55.1 Å². The number of hydrogen-bond donors (Lipinski definition) is 1. The van der Waals surface area contributed by atoms with Crippen LogP contribution >= 0.6 is 0 Å². The van der Waals surface area contributed by atoms with E-state index in [-0.39, 0.29) is 34.3 Å². The van der Waals surface area contributed by atoms with Gasteiger partial charge in [-0.3, -0.25) is 4.79 Å². The number of aromatic amines is 1. The molecule has 4 heterocycles. The number of ether oxygens (including phenoxy) is 1. The van der Waals surface area contributed by atoms with Gasteiger partial charge in [-0.25, -0.2) is 23.1 Å². The molecule has 0 amide bonds. The number of pyridine rings is 1. The molecule has 0 saturated carbocycles. The van der Waals surface area contributed by atoms with Crippen LogP contribution in [-0.4, -0.2) is 81.7 Å². The number of fused-ring (bicyclic) bond motifs is 1. The summed E-state index contributed by atoms with van der Waals surface area (Å²) in [5, 5.41) is 13.6. The number of piperazine rings is 1. The van der Waals surface area contributed by atoms with Crippen LogP contribution < -0.4 is 10.3 Å². The smallest absolute Gasteiger partial charge is 0.279 e. The molecule has 0 atom stereocenters.